The highest BCUT2D eigenvalue weighted by atomic mass is 19.1. The van der Waals surface area contributed by atoms with Crippen LogP contribution in [0.1, 0.15) is 12.8 Å². The van der Waals surface area contributed by atoms with Crippen molar-refractivity contribution < 1.29 is 18.3 Å². The van der Waals surface area contributed by atoms with Gasteiger partial charge in [-0.3, -0.25) is 4.79 Å². The largest absolute Gasteiger partial charge is 0.438 e. The van der Waals surface area contributed by atoms with Crippen LogP contribution in [0.25, 0.3) is 11.1 Å². The topological polar surface area (TPSA) is 55.6 Å². The Labute approximate surface area is 115 Å². The SMILES string of the molecule is CC(=O)N1C[C@@H](F)[C@@H](OCc2nc3ccccc3o2)C1. The number of likely N-dealkylation sites (tertiary alicyclic amines) is 1. The highest BCUT2D eigenvalue weighted by molar-refractivity contribution is 5.73. The molecule has 1 aromatic heterocycles. The molecule has 2 atom stereocenters. The lowest BCUT2D eigenvalue weighted by Gasteiger charge is -2.13. The van der Waals surface area contributed by atoms with Gasteiger partial charge in [-0.15, -0.1) is 0 Å². The maximum absolute atomic E-state index is 13.7. The molecule has 6 heteroatoms. The monoisotopic (exact) mass is 278 g/mol. The van der Waals surface area contributed by atoms with Crippen molar-refractivity contribution in [2.24, 2.45) is 0 Å². The number of aromatic nitrogens is 1. The van der Waals surface area contributed by atoms with E-state index in [0.717, 1.165) is 5.52 Å². The lowest BCUT2D eigenvalue weighted by atomic mass is 10.3. The fraction of sp³-hybridized carbons (Fsp3) is 0.429. The highest BCUT2D eigenvalue weighted by Crippen LogP contribution is 2.20. The van der Waals surface area contributed by atoms with Gasteiger partial charge in [0.25, 0.3) is 0 Å². The predicted molar refractivity (Wildman–Crippen MR) is 69.7 cm³/mol. The van der Waals surface area contributed by atoms with Gasteiger partial charge in [0, 0.05) is 13.5 Å². The molecule has 3 rings (SSSR count). The van der Waals surface area contributed by atoms with Crippen LogP contribution in [0, 0.1) is 0 Å². The summed E-state index contributed by atoms with van der Waals surface area (Å²) in [5, 5.41) is 0. The molecule has 20 heavy (non-hydrogen) atoms. The van der Waals surface area contributed by atoms with Crippen LogP contribution in [0.2, 0.25) is 0 Å². The Morgan fingerprint density at radius 1 is 1.50 bits per heavy atom. The molecule has 2 heterocycles. The number of ether oxygens (including phenoxy) is 1. The lowest BCUT2D eigenvalue weighted by Crippen LogP contribution is -2.27. The molecule has 1 amide bonds. The van der Waals surface area contributed by atoms with Gasteiger partial charge in [-0.05, 0) is 12.1 Å². The third-order valence-corrected chi connectivity index (χ3v) is 3.40. The quantitative estimate of drug-likeness (QED) is 0.860. The summed E-state index contributed by atoms with van der Waals surface area (Å²) in [6.07, 6.45) is -1.78. The predicted octanol–water partition coefficient (Wildman–Crippen LogP) is 1.91. The van der Waals surface area contributed by atoms with Crippen LogP contribution in [0.3, 0.4) is 0 Å². The summed E-state index contributed by atoms with van der Waals surface area (Å²) in [4.78, 5) is 16.9. The van der Waals surface area contributed by atoms with Crippen LogP contribution in [-0.2, 0) is 16.1 Å². The number of para-hydroxylation sites is 2. The molecule has 0 saturated carbocycles. The second-order valence-electron chi connectivity index (χ2n) is 4.86. The number of rotatable bonds is 3. The summed E-state index contributed by atoms with van der Waals surface area (Å²) in [7, 11) is 0. The summed E-state index contributed by atoms with van der Waals surface area (Å²) in [6.45, 7) is 1.89. The van der Waals surface area contributed by atoms with Crippen molar-refractivity contribution in [3.05, 3.63) is 30.2 Å². The molecular formula is C14H15FN2O3. The Bertz CT molecular complexity index is 595. The Morgan fingerprint density at radius 3 is 3.00 bits per heavy atom. The normalized spacial score (nSPS) is 22.6. The van der Waals surface area contributed by atoms with E-state index < -0.39 is 12.3 Å². The molecule has 5 nitrogen and oxygen atoms in total. The van der Waals surface area contributed by atoms with Gasteiger partial charge in [0.1, 0.15) is 24.4 Å². The van der Waals surface area contributed by atoms with E-state index in [1.807, 2.05) is 24.3 Å². The third-order valence-electron chi connectivity index (χ3n) is 3.40. The first-order chi connectivity index (χ1) is 9.63. The number of oxazole rings is 1. The molecule has 1 aliphatic rings. The van der Waals surface area contributed by atoms with E-state index in [1.165, 1.54) is 11.8 Å². The summed E-state index contributed by atoms with van der Waals surface area (Å²) in [5.74, 6) is 0.278. The van der Waals surface area contributed by atoms with E-state index >= 15 is 0 Å². The highest BCUT2D eigenvalue weighted by Gasteiger charge is 2.35. The van der Waals surface area contributed by atoms with Gasteiger partial charge in [0.2, 0.25) is 11.8 Å². The maximum Gasteiger partial charge on any atom is 0.221 e. The van der Waals surface area contributed by atoms with Crippen LogP contribution in [0.5, 0.6) is 0 Å². The molecule has 0 radical (unpaired) electrons. The van der Waals surface area contributed by atoms with Crippen LogP contribution < -0.4 is 0 Å². The zero-order valence-electron chi connectivity index (χ0n) is 11.1. The second kappa shape index (κ2) is 5.20. The van der Waals surface area contributed by atoms with Gasteiger partial charge in [-0.25, -0.2) is 9.37 Å². The van der Waals surface area contributed by atoms with Crippen LogP contribution in [0.15, 0.2) is 28.7 Å². The molecular weight excluding hydrogens is 263 g/mol. The minimum atomic E-state index is -1.16. The number of carbonyl (C=O) groups is 1. The zero-order valence-corrected chi connectivity index (χ0v) is 11.1. The molecule has 1 aliphatic heterocycles. The fourth-order valence-corrected chi connectivity index (χ4v) is 2.31. The lowest BCUT2D eigenvalue weighted by molar-refractivity contribution is -0.128. The van der Waals surface area contributed by atoms with Crippen molar-refractivity contribution in [1.29, 1.82) is 0 Å². The van der Waals surface area contributed by atoms with Crippen molar-refractivity contribution in [3.63, 3.8) is 0 Å². The van der Waals surface area contributed by atoms with Gasteiger partial charge in [-0.1, -0.05) is 12.1 Å². The number of nitrogens with zero attached hydrogens (tertiary/aromatic N) is 2. The van der Waals surface area contributed by atoms with Gasteiger partial charge < -0.3 is 14.1 Å². The van der Waals surface area contributed by atoms with E-state index in [2.05, 4.69) is 4.98 Å². The maximum atomic E-state index is 13.7. The Kier molecular flexibility index (Phi) is 3.40. The summed E-state index contributed by atoms with van der Waals surface area (Å²) in [6, 6.07) is 7.39. The zero-order chi connectivity index (χ0) is 14.1. The van der Waals surface area contributed by atoms with Gasteiger partial charge in [-0.2, -0.15) is 0 Å². The fourth-order valence-electron chi connectivity index (χ4n) is 2.31. The molecule has 0 N–H and O–H groups in total. The minimum Gasteiger partial charge on any atom is -0.438 e. The second-order valence-corrected chi connectivity index (χ2v) is 4.86. The first-order valence-electron chi connectivity index (χ1n) is 6.49. The third kappa shape index (κ3) is 2.51. The Balaban J connectivity index is 1.63. The molecule has 0 spiro atoms. The standard InChI is InChI=1S/C14H15FN2O3/c1-9(18)17-6-10(15)13(7-17)19-8-14-16-11-4-2-3-5-12(11)20-14/h2-5,10,13H,6-8H2,1H3/t10-,13+/m1/s1. The molecule has 106 valence electrons. The van der Waals surface area contributed by atoms with E-state index in [1.54, 1.807) is 0 Å². The Morgan fingerprint density at radius 2 is 2.30 bits per heavy atom. The number of halogens is 1. The number of hydrogen-bond donors (Lipinski definition) is 0. The van der Waals surface area contributed by atoms with Crippen LogP contribution in [0.4, 0.5) is 4.39 Å². The number of alkyl halides is 1. The number of carbonyl (C=O) groups excluding carboxylic acids is 1. The van der Waals surface area contributed by atoms with Crippen LogP contribution in [-0.4, -0.2) is 41.2 Å². The number of amides is 1. The van der Waals surface area contributed by atoms with Gasteiger partial charge in [0.15, 0.2) is 5.58 Å². The average molecular weight is 278 g/mol. The van der Waals surface area contributed by atoms with E-state index in [4.69, 9.17) is 9.15 Å². The van der Waals surface area contributed by atoms with Crippen molar-refractivity contribution in [1.82, 2.24) is 9.88 Å². The van der Waals surface area contributed by atoms with Crippen molar-refractivity contribution in [3.8, 4) is 0 Å². The summed E-state index contributed by atoms with van der Waals surface area (Å²) in [5.41, 5.74) is 1.43. The molecule has 0 aliphatic carbocycles. The molecule has 1 aromatic carbocycles. The van der Waals surface area contributed by atoms with E-state index in [9.17, 15) is 9.18 Å². The number of hydrogen-bond acceptors (Lipinski definition) is 4. The summed E-state index contributed by atoms with van der Waals surface area (Å²) < 4.78 is 24.7. The molecule has 0 unspecified atom stereocenters. The summed E-state index contributed by atoms with van der Waals surface area (Å²) >= 11 is 0. The minimum absolute atomic E-state index is 0.0908. The smallest absolute Gasteiger partial charge is 0.221 e. The van der Waals surface area contributed by atoms with E-state index in [-0.39, 0.29) is 25.6 Å². The van der Waals surface area contributed by atoms with Crippen molar-refractivity contribution >= 4 is 17.0 Å². The molecule has 2 aromatic rings. The number of fused-ring (bicyclic) bond motifs is 1. The molecule has 1 fully saturated rings. The molecule has 0 bridgehead atoms. The van der Waals surface area contributed by atoms with Crippen molar-refractivity contribution in [2.45, 2.75) is 25.8 Å². The average Bonchev–Trinajstić information content (AvgIpc) is 2.99. The van der Waals surface area contributed by atoms with E-state index in [0.29, 0.717) is 11.5 Å². The Hall–Kier alpha value is -1.95. The van der Waals surface area contributed by atoms with Crippen molar-refractivity contribution in [2.75, 3.05) is 13.1 Å². The van der Waals surface area contributed by atoms with Gasteiger partial charge in [0.05, 0.1) is 6.54 Å². The first kappa shape index (κ1) is 13.1. The van der Waals surface area contributed by atoms with Crippen LogP contribution >= 0.6 is 0 Å². The number of benzene rings is 1. The van der Waals surface area contributed by atoms with Gasteiger partial charge >= 0.3 is 0 Å². The first-order valence-corrected chi connectivity index (χ1v) is 6.49. The molecule has 1 saturated heterocycles.